The predicted molar refractivity (Wildman–Crippen MR) is 176 cm³/mol. The molecule has 0 saturated carbocycles. The van der Waals surface area contributed by atoms with Crippen molar-refractivity contribution in [2.24, 2.45) is 0 Å². The normalized spacial score (nSPS) is 14.2. The number of amides is 1. The Hall–Kier alpha value is -3.76. The highest BCUT2D eigenvalue weighted by molar-refractivity contribution is 9.10. The van der Waals surface area contributed by atoms with E-state index in [0.29, 0.717) is 47.1 Å². The van der Waals surface area contributed by atoms with Crippen molar-refractivity contribution in [1.82, 2.24) is 14.8 Å². The Labute approximate surface area is 265 Å². The second-order valence-electron chi connectivity index (χ2n) is 10.3. The van der Waals surface area contributed by atoms with Gasteiger partial charge < -0.3 is 20.1 Å². The molecule has 0 spiro atoms. The average Bonchev–Trinajstić information content (AvgIpc) is 3.39. The van der Waals surface area contributed by atoms with Gasteiger partial charge in [-0.3, -0.25) is 4.79 Å². The Morgan fingerprint density at radius 2 is 1.79 bits per heavy atom. The van der Waals surface area contributed by atoms with Crippen LogP contribution >= 0.6 is 27.7 Å². The van der Waals surface area contributed by atoms with E-state index in [9.17, 15) is 4.79 Å². The highest BCUT2D eigenvalue weighted by Gasteiger charge is 2.35. The molecule has 0 fully saturated rings. The molecule has 1 amide bonds. The van der Waals surface area contributed by atoms with Crippen molar-refractivity contribution in [3.05, 3.63) is 98.7 Å². The maximum absolute atomic E-state index is 14.0. The number of aromatic nitrogens is 3. The first-order valence-electron chi connectivity index (χ1n) is 14.4. The molecule has 10 heteroatoms. The molecule has 1 atom stereocenters. The largest absolute Gasteiger partial charge is 0.490 e. The van der Waals surface area contributed by atoms with Crippen LogP contribution in [0, 0.1) is 13.8 Å². The molecule has 1 unspecified atom stereocenters. The van der Waals surface area contributed by atoms with Gasteiger partial charge >= 0.3 is 0 Å². The molecule has 0 bridgehead atoms. The van der Waals surface area contributed by atoms with Crippen LogP contribution in [0.25, 0.3) is 0 Å². The number of carbonyl (C=O) groups is 1. The van der Waals surface area contributed by atoms with Crippen molar-refractivity contribution in [3.63, 3.8) is 0 Å². The number of nitrogens with one attached hydrogen (secondary N) is 2. The lowest BCUT2D eigenvalue weighted by molar-refractivity contribution is -0.113. The maximum Gasteiger partial charge on any atom is 0.255 e. The number of allylic oxidation sites excluding steroid dienone is 1. The molecule has 1 aliphatic heterocycles. The van der Waals surface area contributed by atoms with Gasteiger partial charge in [0.25, 0.3) is 5.91 Å². The highest BCUT2D eigenvalue weighted by Crippen LogP contribution is 2.44. The summed E-state index contributed by atoms with van der Waals surface area (Å²) in [6.07, 6.45) is 1.00. The molecular formula is C33H36BrN5O3S. The molecule has 43 heavy (non-hydrogen) atoms. The molecular weight excluding hydrogens is 626 g/mol. The van der Waals surface area contributed by atoms with Crippen LogP contribution in [0.2, 0.25) is 0 Å². The van der Waals surface area contributed by atoms with Crippen molar-refractivity contribution in [3.8, 4) is 11.5 Å². The van der Waals surface area contributed by atoms with Gasteiger partial charge in [-0.15, -0.1) is 5.10 Å². The number of nitrogens with zero attached hydrogens (tertiary/aromatic N) is 3. The van der Waals surface area contributed by atoms with Gasteiger partial charge in [0.2, 0.25) is 11.1 Å². The van der Waals surface area contributed by atoms with Gasteiger partial charge in [-0.1, -0.05) is 61.2 Å². The molecule has 224 valence electrons. The number of para-hydroxylation sites is 1. The van der Waals surface area contributed by atoms with Crippen LogP contribution in [0.3, 0.4) is 0 Å². The molecule has 3 aromatic carbocycles. The minimum atomic E-state index is -0.565. The van der Waals surface area contributed by atoms with E-state index in [1.54, 1.807) is 16.4 Å². The van der Waals surface area contributed by atoms with Crippen LogP contribution in [0.5, 0.6) is 11.5 Å². The number of rotatable bonds is 11. The summed E-state index contributed by atoms with van der Waals surface area (Å²) < 4.78 is 14.9. The summed E-state index contributed by atoms with van der Waals surface area (Å²) in [5.41, 5.74) is 6.04. The summed E-state index contributed by atoms with van der Waals surface area (Å²) in [5.74, 6) is 2.45. The van der Waals surface area contributed by atoms with Crippen molar-refractivity contribution in [2.75, 3.05) is 23.0 Å². The molecule has 0 radical (unpaired) electrons. The molecule has 5 rings (SSSR count). The summed E-state index contributed by atoms with van der Waals surface area (Å²) >= 11 is 5.35. The van der Waals surface area contributed by atoms with E-state index in [1.165, 1.54) is 0 Å². The molecule has 1 aliphatic rings. The number of hydrogen-bond acceptors (Lipinski definition) is 7. The fourth-order valence-electron chi connectivity index (χ4n) is 4.96. The summed E-state index contributed by atoms with van der Waals surface area (Å²) in [7, 11) is 0. The van der Waals surface area contributed by atoms with E-state index in [2.05, 4.69) is 52.5 Å². The Balaban J connectivity index is 1.58. The molecule has 0 saturated heterocycles. The van der Waals surface area contributed by atoms with E-state index in [0.717, 1.165) is 44.6 Å². The number of thioether (sulfide) groups is 1. The lowest BCUT2D eigenvalue weighted by Gasteiger charge is -2.29. The molecule has 0 aliphatic carbocycles. The molecule has 4 aromatic rings. The van der Waals surface area contributed by atoms with Crippen LogP contribution in [0.1, 0.15) is 55.5 Å². The van der Waals surface area contributed by atoms with Crippen LogP contribution in [0.15, 0.2) is 81.6 Å². The lowest BCUT2D eigenvalue weighted by atomic mass is 9.94. The number of anilines is 2. The van der Waals surface area contributed by atoms with Crippen LogP contribution in [-0.4, -0.2) is 33.0 Å². The summed E-state index contributed by atoms with van der Waals surface area (Å²) in [6, 6.07) is 19.2. The van der Waals surface area contributed by atoms with Crippen molar-refractivity contribution < 1.29 is 14.3 Å². The van der Waals surface area contributed by atoms with Crippen molar-refractivity contribution >= 4 is 45.2 Å². The predicted octanol–water partition coefficient (Wildman–Crippen LogP) is 8.06. The third-order valence-electron chi connectivity index (χ3n) is 7.19. The minimum Gasteiger partial charge on any atom is -0.490 e. The van der Waals surface area contributed by atoms with Crippen LogP contribution in [0.4, 0.5) is 11.6 Å². The van der Waals surface area contributed by atoms with E-state index in [-0.39, 0.29) is 5.91 Å². The number of aryl methyl sites for hydroxylation is 2. The maximum atomic E-state index is 14.0. The van der Waals surface area contributed by atoms with Gasteiger partial charge in [-0.25, -0.2) is 4.68 Å². The molecule has 8 nitrogen and oxygen atoms in total. The number of benzene rings is 3. The molecule has 2 heterocycles. The third-order valence-corrected chi connectivity index (χ3v) is 8.82. The fraction of sp³-hybridized carbons (Fsp3) is 0.303. The van der Waals surface area contributed by atoms with Gasteiger partial charge in [-0.05, 0) is 90.5 Å². The van der Waals surface area contributed by atoms with Gasteiger partial charge in [0.1, 0.15) is 12.6 Å². The first-order valence-corrected chi connectivity index (χ1v) is 16.2. The van der Waals surface area contributed by atoms with Gasteiger partial charge in [0.15, 0.2) is 11.5 Å². The first-order chi connectivity index (χ1) is 20.8. The molecule has 2 N–H and O–H groups in total. The van der Waals surface area contributed by atoms with E-state index in [4.69, 9.17) is 19.6 Å². The number of ether oxygens (including phenoxy) is 2. The number of hydrogen-bond donors (Lipinski definition) is 2. The topological polar surface area (TPSA) is 90.3 Å². The smallest absolute Gasteiger partial charge is 0.255 e. The second-order valence-corrected chi connectivity index (χ2v) is 12.2. The third kappa shape index (κ3) is 6.75. The Morgan fingerprint density at radius 3 is 2.51 bits per heavy atom. The number of halogens is 1. The zero-order valence-electron chi connectivity index (χ0n) is 25.0. The van der Waals surface area contributed by atoms with E-state index < -0.39 is 6.04 Å². The summed E-state index contributed by atoms with van der Waals surface area (Å²) in [5, 5.41) is 12.0. The zero-order valence-corrected chi connectivity index (χ0v) is 27.4. The summed E-state index contributed by atoms with van der Waals surface area (Å²) in [4.78, 5) is 18.8. The Kier molecular flexibility index (Phi) is 9.77. The van der Waals surface area contributed by atoms with Gasteiger partial charge in [-0.2, -0.15) is 4.98 Å². The fourth-order valence-corrected chi connectivity index (χ4v) is 6.22. The monoisotopic (exact) mass is 661 g/mol. The van der Waals surface area contributed by atoms with Gasteiger partial charge in [0, 0.05) is 17.1 Å². The Morgan fingerprint density at radius 1 is 1.05 bits per heavy atom. The highest BCUT2D eigenvalue weighted by atomic mass is 79.9. The van der Waals surface area contributed by atoms with E-state index >= 15 is 0 Å². The number of fused-ring (bicyclic) bond motifs is 1. The number of carbonyl (C=O) groups excluding carboxylic acids is 1. The van der Waals surface area contributed by atoms with E-state index in [1.807, 2.05) is 69.3 Å². The average molecular weight is 663 g/mol. The SMILES string of the molecule is CCCSc1nc2n(n1)C(c1cc(Br)c(OCc3ccccc3C)c(OCC)c1)C(C(=O)Nc1ccccc1C)=C(C)N2. The van der Waals surface area contributed by atoms with Crippen LogP contribution in [-0.2, 0) is 11.4 Å². The standard InChI is InChI=1S/C33H36BrN5O3S/c1-6-16-43-33-37-32-35-22(5)28(31(40)36-26-15-11-9-13-21(26)4)29(39(32)38-33)24-17-25(34)30(27(18-24)41-7-2)42-19-23-14-10-8-12-20(23)3/h8-15,17-18,29H,6-7,16,19H2,1-5H3,(H,36,40)(H,35,37,38). The van der Waals surface area contributed by atoms with Crippen molar-refractivity contribution in [1.29, 1.82) is 0 Å². The minimum absolute atomic E-state index is 0.220. The van der Waals surface area contributed by atoms with Crippen molar-refractivity contribution in [2.45, 2.75) is 58.8 Å². The summed E-state index contributed by atoms with van der Waals surface area (Å²) in [6.45, 7) is 10.8. The Bertz CT molecular complexity index is 1670. The van der Waals surface area contributed by atoms with Crippen LogP contribution < -0.4 is 20.1 Å². The zero-order chi connectivity index (χ0) is 30.5. The quantitative estimate of drug-likeness (QED) is 0.157. The second kappa shape index (κ2) is 13.7. The lowest BCUT2D eigenvalue weighted by Crippen LogP contribution is -2.31. The molecule has 1 aromatic heterocycles. The van der Waals surface area contributed by atoms with Gasteiger partial charge in [0.05, 0.1) is 16.7 Å². The first kappa shape index (κ1) is 30.7.